The molecule has 172 valence electrons. The summed E-state index contributed by atoms with van der Waals surface area (Å²) in [5, 5.41) is 21.1. The van der Waals surface area contributed by atoms with Gasteiger partial charge in [0.1, 0.15) is 23.5 Å². The molecular formula is C23H24F2N6O2. The van der Waals surface area contributed by atoms with Crippen LogP contribution in [-0.4, -0.2) is 42.7 Å². The number of halogens is 2. The molecule has 0 aliphatic heterocycles. The van der Waals surface area contributed by atoms with Gasteiger partial charge in [-0.1, -0.05) is 31.1 Å². The van der Waals surface area contributed by atoms with Crippen LogP contribution in [0.4, 0.5) is 14.6 Å². The van der Waals surface area contributed by atoms with Gasteiger partial charge in [-0.2, -0.15) is 5.10 Å². The van der Waals surface area contributed by atoms with Crippen LogP contribution in [0.5, 0.6) is 0 Å². The van der Waals surface area contributed by atoms with Crippen LogP contribution in [0.2, 0.25) is 0 Å². The molecule has 1 aromatic carbocycles. The van der Waals surface area contributed by atoms with Crippen LogP contribution in [0.3, 0.4) is 0 Å². The molecule has 0 fully saturated rings. The molecule has 4 aromatic rings. The number of nitrogens with zero attached hydrogens (tertiary/aromatic N) is 5. The molecule has 3 heterocycles. The molecule has 0 bridgehead atoms. The molecule has 0 amide bonds. The summed E-state index contributed by atoms with van der Waals surface area (Å²) in [5.41, 5.74) is 2.23. The van der Waals surface area contributed by atoms with Gasteiger partial charge in [0, 0.05) is 6.07 Å². The first kappa shape index (κ1) is 22.5. The maximum atomic E-state index is 14.4. The first-order chi connectivity index (χ1) is 15.9. The van der Waals surface area contributed by atoms with E-state index in [-0.39, 0.29) is 36.7 Å². The largest absolute Gasteiger partial charge is 0.394 e. The Balaban J connectivity index is 1.69. The molecule has 0 unspecified atom stereocenters. The summed E-state index contributed by atoms with van der Waals surface area (Å²) in [5.74, 6) is -0.482. The van der Waals surface area contributed by atoms with Gasteiger partial charge in [-0.25, -0.2) is 18.7 Å². The minimum Gasteiger partial charge on any atom is -0.394 e. The molecule has 0 aliphatic carbocycles. The molecular weight excluding hydrogens is 430 g/mol. The third-order valence-electron chi connectivity index (χ3n) is 4.99. The lowest BCUT2D eigenvalue weighted by Gasteiger charge is -2.19. The summed E-state index contributed by atoms with van der Waals surface area (Å²) < 4.78 is 34.7. The van der Waals surface area contributed by atoms with Crippen molar-refractivity contribution in [3.05, 3.63) is 66.1 Å². The third kappa shape index (κ3) is 5.40. The number of benzene rings is 1. The number of aliphatic hydroxyl groups is 1. The van der Waals surface area contributed by atoms with Crippen molar-refractivity contribution < 1.29 is 18.4 Å². The Bertz CT molecular complexity index is 1210. The molecule has 0 aliphatic rings. The van der Waals surface area contributed by atoms with Crippen LogP contribution in [0, 0.1) is 17.6 Å². The Morgan fingerprint density at radius 1 is 1.15 bits per heavy atom. The summed E-state index contributed by atoms with van der Waals surface area (Å²) in [7, 11) is 0. The van der Waals surface area contributed by atoms with Gasteiger partial charge < -0.3 is 14.9 Å². The van der Waals surface area contributed by atoms with E-state index in [4.69, 9.17) is 4.52 Å². The Kier molecular flexibility index (Phi) is 6.74. The fourth-order valence-corrected chi connectivity index (χ4v) is 3.54. The zero-order valence-corrected chi connectivity index (χ0v) is 18.2. The third-order valence-corrected chi connectivity index (χ3v) is 4.99. The zero-order chi connectivity index (χ0) is 23.4. The topological polar surface area (TPSA) is 102 Å². The van der Waals surface area contributed by atoms with E-state index in [0.717, 1.165) is 6.20 Å². The summed E-state index contributed by atoms with van der Waals surface area (Å²) >= 11 is 0. The van der Waals surface area contributed by atoms with E-state index in [1.807, 2.05) is 13.8 Å². The average Bonchev–Trinajstić information content (AvgIpc) is 3.44. The normalized spacial score (nSPS) is 12.3. The van der Waals surface area contributed by atoms with Crippen LogP contribution < -0.4 is 5.32 Å². The second kappa shape index (κ2) is 9.86. The van der Waals surface area contributed by atoms with E-state index in [1.54, 1.807) is 28.9 Å². The van der Waals surface area contributed by atoms with Gasteiger partial charge in [0.05, 0.1) is 31.1 Å². The van der Waals surface area contributed by atoms with Crippen molar-refractivity contribution in [1.82, 2.24) is 24.9 Å². The SMILES string of the molecule is CC(C)C[C@H](CO)Nc1nc(-c2cc(-c3ccon3)n(Cc3cccc(F)c3)n2)ncc1F. The zero-order valence-electron chi connectivity index (χ0n) is 18.2. The fraction of sp³-hybridized carbons (Fsp3) is 0.304. The predicted octanol–water partition coefficient (Wildman–Crippen LogP) is 4.14. The summed E-state index contributed by atoms with van der Waals surface area (Å²) in [6.45, 7) is 4.15. The number of hydrogen-bond acceptors (Lipinski definition) is 7. The smallest absolute Gasteiger partial charge is 0.183 e. The van der Waals surface area contributed by atoms with Crippen LogP contribution in [0.1, 0.15) is 25.8 Å². The highest BCUT2D eigenvalue weighted by Crippen LogP contribution is 2.26. The van der Waals surface area contributed by atoms with Gasteiger partial charge >= 0.3 is 0 Å². The number of aromatic nitrogens is 5. The highest BCUT2D eigenvalue weighted by molar-refractivity contribution is 5.63. The molecule has 10 heteroatoms. The monoisotopic (exact) mass is 454 g/mol. The van der Waals surface area contributed by atoms with Crippen LogP contribution in [0.15, 0.2) is 53.4 Å². The Hall–Kier alpha value is -3.66. The maximum absolute atomic E-state index is 14.4. The van der Waals surface area contributed by atoms with Gasteiger partial charge in [-0.05, 0) is 36.1 Å². The molecule has 0 saturated carbocycles. The Morgan fingerprint density at radius 2 is 2.00 bits per heavy atom. The van der Waals surface area contributed by atoms with Gasteiger partial charge in [0.25, 0.3) is 0 Å². The fourth-order valence-electron chi connectivity index (χ4n) is 3.54. The lowest BCUT2D eigenvalue weighted by atomic mass is 10.0. The number of hydrogen-bond donors (Lipinski definition) is 2. The van der Waals surface area contributed by atoms with Crippen LogP contribution >= 0.6 is 0 Å². The van der Waals surface area contributed by atoms with Crippen molar-refractivity contribution in [2.24, 2.45) is 5.92 Å². The highest BCUT2D eigenvalue weighted by atomic mass is 19.1. The molecule has 4 rings (SSSR count). The summed E-state index contributed by atoms with van der Waals surface area (Å²) in [6, 6.07) is 9.26. The van der Waals surface area contributed by atoms with E-state index in [2.05, 4.69) is 25.5 Å². The van der Waals surface area contributed by atoms with Crippen molar-refractivity contribution in [3.8, 4) is 22.9 Å². The molecule has 1 atom stereocenters. The second-order valence-electron chi connectivity index (χ2n) is 8.13. The quantitative estimate of drug-likeness (QED) is 0.392. The predicted molar refractivity (Wildman–Crippen MR) is 118 cm³/mol. The lowest BCUT2D eigenvalue weighted by molar-refractivity contribution is 0.259. The van der Waals surface area contributed by atoms with E-state index in [0.29, 0.717) is 35.0 Å². The van der Waals surface area contributed by atoms with Gasteiger partial charge in [-0.3, -0.25) is 4.68 Å². The molecule has 8 nitrogen and oxygen atoms in total. The molecule has 0 spiro atoms. The number of nitrogens with one attached hydrogen (secondary N) is 1. The van der Waals surface area contributed by atoms with Crippen molar-refractivity contribution in [2.45, 2.75) is 32.9 Å². The van der Waals surface area contributed by atoms with Crippen molar-refractivity contribution in [3.63, 3.8) is 0 Å². The van der Waals surface area contributed by atoms with E-state index in [1.165, 1.54) is 18.4 Å². The first-order valence-electron chi connectivity index (χ1n) is 10.6. The lowest BCUT2D eigenvalue weighted by Crippen LogP contribution is -2.26. The van der Waals surface area contributed by atoms with Crippen molar-refractivity contribution in [1.29, 1.82) is 0 Å². The minimum atomic E-state index is -0.628. The second-order valence-corrected chi connectivity index (χ2v) is 8.13. The number of aliphatic hydroxyl groups excluding tert-OH is 1. The minimum absolute atomic E-state index is 0.0117. The summed E-state index contributed by atoms with van der Waals surface area (Å²) in [6.07, 6.45) is 3.15. The molecule has 3 aromatic heterocycles. The van der Waals surface area contributed by atoms with Crippen LogP contribution in [-0.2, 0) is 6.54 Å². The average molecular weight is 454 g/mol. The Morgan fingerprint density at radius 3 is 2.70 bits per heavy atom. The molecule has 0 saturated heterocycles. The Labute approximate surface area is 189 Å². The summed E-state index contributed by atoms with van der Waals surface area (Å²) in [4.78, 5) is 8.40. The van der Waals surface area contributed by atoms with Crippen LogP contribution in [0.25, 0.3) is 22.9 Å². The number of anilines is 1. The van der Waals surface area contributed by atoms with Crippen molar-refractivity contribution in [2.75, 3.05) is 11.9 Å². The standard InChI is InChI=1S/C23H24F2N6O2/c1-14(2)8-17(13-32)27-22-18(25)11-26-23(28-22)20-10-21(19-6-7-33-30-19)31(29-20)12-15-4-3-5-16(24)9-15/h3-7,9-11,14,17,32H,8,12-13H2,1-2H3,(H,26,27,28)/t17-/m1/s1. The van der Waals surface area contributed by atoms with E-state index >= 15 is 0 Å². The van der Waals surface area contributed by atoms with Crippen molar-refractivity contribution >= 4 is 5.82 Å². The van der Waals surface area contributed by atoms with E-state index in [9.17, 15) is 13.9 Å². The van der Waals surface area contributed by atoms with Gasteiger partial charge in [0.2, 0.25) is 0 Å². The molecule has 33 heavy (non-hydrogen) atoms. The number of rotatable bonds is 9. The van der Waals surface area contributed by atoms with Gasteiger partial charge in [0.15, 0.2) is 17.5 Å². The highest BCUT2D eigenvalue weighted by Gasteiger charge is 2.19. The van der Waals surface area contributed by atoms with E-state index < -0.39 is 5.82 Å². The molecule has 2 N–H and O–H groups in total. The van der Waals surface area contributed by atoms with Gasteiger partial charge in [-0.15, -0.1) is 0 Å². The molecule has 0 radical (unpaired) electrons. The first-order valence-corrected chi connectivity index (χ1v) is 10.6. The maximum Gasteiger partial charge on any atom is 0.183 e.